The molecule has 0 unspecified atom stereocenters. The highest BCUT2D eigenvalue weighted by Gasteiger charge is 2.08. The van der Waals surface area contributed by atoms with Crippen LogP contribution in [0.1, 0.15) is 15.9 Å². The molecule has 0 radical (unpaired) electrons. The van der Waals surface area contributed by atoms with Gasteiger partial charge in [-0.2, -0.15) is 0 Å². The zero-order chi connectivity index (χ0) is 13.1. The van der Waals surface area contributed by atoms with E-state index in [1.165, 1.54) is 18.3 Å². The van der Waals surface area contributed by atoms with Gasteiger partial charge in [0.15, 0.2) is 0 Å². The minimum atomic E-state index is -0.369. The predicted octanol–water partition coefficient (Wildman–Crippen LogP) is 2.59. The number of aromatic nitrogens is 1. The molecule has 0 saturated carbocycles. The van der Waals surface area contributed by atoms with E-state index in [-0.39, 0.29) is 17.0 Å². The summed E-state index contributed by atoms with van der Waals surface area (Å²) in [5.74, 6) is -0.369. The van der Waals surface area contributed by atoms with E-state index >= 15 is 0 Å². The van der Waals surface area contributed by atoms with Gasteiger partial charge < -0.3 is 10.3 Å². The number of carbonyl (C=O) groups is 1. The number of nitrogens with one attached hydrogen (secondary N) is 2. The van der Waals surface area contributed by atoms with Gasteiger partial charge in [0.05, 0.1) is 10.7 Å². The molecule has 0 saturated heterocycles. The van der Waals surface area contributed by atoms with Gasteiger partial charge in [0, 0.05) is 17.8 Å². The SMILES string of the molecule is Cc1ccc(NC(=O)c2cc[nH]c(=O)c2)c(Cl)c1. The van der Waals surface area contributed by atoms with Crippen LogP contribution in [-0.4, -0.2) is 10.9 Å². The summed E-state index contributed by atoms with van der Waals surface area (Å²) >= 11 is 6.01. The zero-order valence-electron chi connectivity index (χ0n) is 9.66. The molecule has 18 heavy (non-hydrogen) atoms. The van der Waals surface area contributed by atoms with Gasteiger partial charge in [0.1, 0.15) is 0 Å². The Bertz CT molecular complexity index is 649. The molecule has 1 amide bonds. The summed E-state index contributed by atoms with van der Waals surface area (Å²) in [4.78, 5) is 25.4. The van der Waals surface area contributed by atoms with E-state index < -0.39 is 0 Å². The highest BCUT2D eigenvalue weighted by Crippen LogP contribution is 2.23. The number of anilines is 1. The van der Waals surface area contributed by atoms with Crippen molar-refractivity contribution in [2.45, 2.75) is 6.92 Å². The average molecular weight is 263 g/mol. The maximum absolute atomic E-state index is 11.9. The molecule has 0 atom stereocenters. The summed E-state index contributed by atoms with van der Waals surface area (Å²) in [7, 11) is 0. The number of hydrogen-bond donors (Lipinski definition) is 2. The number of halogens is 1. The van der Waals surface area contributed by atoms with E-state index in [1.807, 2.05) is 13.0 Å². The number of aryl methyl sites for hydroxylation is 1. The Balaban J connectivity index is 2.24. The van der Waals surface area contributed by atoms with E-state index in [2.05, 4.69) is 10.3 Å². The Morgan fingerprint density at radius 3 is 2.72 bits per heavy atom. The molecule has 2 aromatic rings. The number of H-pyrrole nitrogens is 1. The second-order valence-electron chi connectivity index (χ2n) is 3.88. The lowest BCUT2D eigenvalue weighted by Gasteiger charge is -2.07. The first kappa shape index (κ1) is 12.4. The van der Waals surface area contributed by atoms with Crippen LogP contribution in [0.25, 0.3) is 0 Å². The van der Waals surface area contributed by atoms with E-state index in [4.69, 9.17) is 11.6 Å². The van der Waals surface area contributed by atoms with Crippen LogP contribution >= 0.6 is 11.6 Å². The van der Waals surface area contributed by atoms with Crippen molar-refractivity contribution < 1.29 is 4.79 Å². The number of amides is 1. The van der Waals surface area contributed by atoms with Gasteiger partial charge in [-0.3, -0.25) is 9.59 Å². The molecule has 0 aliphatic heterocycles. The topological polar surface area (TPSA) is 62.0 Å². The van der Waals surface area contributed by atoms with Crippen molar-refractivity contribution in [3.8, 4) is 0 Å². The Morgan fingerprint density at radius 2 is 2.06 bits per heavy atom. The third-order valence-corrected chi connectivity index (χ3v) is 2.72. The van der Waals surface area contributed by atoms with Crippen molar-refractivity contribution in [3.05, 3.63) is 63.0 Å². The molecule has 0 aliphatic rings. The second-order valence-corrected chi connectivity index (χ2v) is 4.29. The summed E-state index contributed by atoms with van der Waals surface area (Å²) in [5.41, 5.74) is 1.50. The normalized spacial score (nSPS) is 10.1. The van der Waals surface area contributed by atoms with Crippen LogP contribution in [0.4, 0.5) is 5.69 Å². The number of pyridine rings is 1. The largest absolute Gasteiger partial charge is 0.329 e. The Labute approximate surface area is 109 Å². The molecule has 0 spiro atoms. The fraction of sp³-hybridized carbons (Fsp3) is 0.0769. The van der Waals surface area contributed by atoms with Crippen LogP contribution in [0.5, 0.6) is 0 Å². The molecule has 2 N–H and O–H groups in total. The molecule has 1 aromatic heterocycles. The fourth-order valence-electron chi connectivity index (χ4n) is 1.50. The lowest BCUT2D eigenvalue weighted by atomic mass is 10.2. The molecule has 1 aromatic carbocycles. The lowest BCUT2D eigenvalue weighted by Crippen LogP contribution is -2.15. The summed E-state index contributed by atoms with van der Waals surface area (Å²) in [6.45, 7) is 1.91. The first-order valence-corrected chi connectivity index (χ1v) is 5.70. The van der Waals surface area contributed by atoms with Crippen LogP contribution in [0.3, 0.4) is 0 Å². The van der Waals surface area contributed by atoms with Crippen LogP contribution in [-0.2, 0) is 0 Å². The smallest absolute Gasteiger partial charge is 0.255 e. The number of aromatic amines is 1. The van der Waals surface area contributed by atoms with Crippen molar-refractivity contribution in [2.75, 3.05) is 5.32 Å². The lowest BCUT2D eigenvalue weighted by molar-refractivity contribution is 0.102. The van der Waals surface area contributed by atoms with Crippen molar-refractivity contribution in [1.29, 1.82) is 0 Å². The first-order chi connectivity index (χ1) is 8.56. The summed E-state index contributed by atoms with van der Waals surface area (Å²) in [5, 5.41) is 3.12. The molecule has 0 fully saturated rings. The quantitative estimate of drug-likeness (QED) is 0.874. The first-order valence-electron chi connectivity index (χ1n) is 5.32. The Kier molecular flexibility index (Phi) is 3.48. The number of hydrogen-bond acceptors (Lipinski definition) is 2. The molecule has 4 nitrogen and oxygen atoms in total. The molecule has 1 heterocycles. The Hall–Kier alpha value is -2.07. The number of benzene rings is 1. The van der Waals surface area contributed by atoms with Gasteiger partial charge in [-0.1, -0.05) is 17.7 Å². The van der Waals surface area contributed by atoms with Crippen LogP contribution in [0, 0.1) is 6.92 Å². The van der Waals surface area contributed by atoms with E-state index in [9.17, 15) is 9.59 Å². The third-order valence-electron chi connectivity index (χ3n) is 2.41. The monoisotopic (exact) mass is 262 g/mol. The molecule has 0 aliphatic carbocycles. The van der Waals surface area contributed by atoms with Crippen molar-refractivity contribution >= 4 is 23.2 Å². The van der Waals surface area contributed by atoms with Crippen molar-refractivity contribution in [2.24, 2.45) is 0 Å². The highest BCUT2D eigenvalue weighted by atomic mass is 35.5. The summed E-state index contributed by atoms with van der Waals surface area (Å²) in [6.07, 6.45) is 1.42. The van der Waals surface area contributed by atoms with Gasteiger partial charge in [-0.25, -0.2) is 0 Å². The second kappa shape index (κ2) is 5.06. The Morgan fingerprint density at radius 1 is 1.28 bits per heavy atom. The summed E-state index contributed by atoms with van der Waals surface area (Å²) in [6, 6.07) is 8.09. The molecule has 2 rings (SSSR count). The van der Waals surface area contributed by atoms with Gasteiger partial charge in [0.2, 0.25) is 5.56 Å². The fourth-order valence-corrected chi connectivity index (χ4v) is 1.78. The van der Waals surface area contributed by atoms with Crippen LogP contribution < -0.4 is 10.9 Å². The van der Waals surface area contributed by atoms with Gasteiger partial charge >= 0.3 is 0 Å². The van der Waals surface area contributed by atoms with Gasteiger partial charge in [0.25, 0.3) is 5.91 Å². The van der Waals surface area contributed by atoms with E-state index in [0.29, 0.717) is 10.7 Å². The predicted molar refractivity (Wildman–Crippen MR) is 71.2 cm³/mol. The maximum atomic E-state index is 11.9. The number of rotatable bonds is 2. The van der Waals surface area contributed by atoms with Crippen molar-refractivity contribution in [3.63, 3.8) is 0 Å². The van der Waals surface area contributed by atoms with Crippen LogP contribution in [0.2, 0.25) is 5.02 Å². The standard InChI is InChI=1S/C13H11ClN2O2/c1-8-2-3-11(10(14)6-8)16-13(18)9-4-5-15-12(17)7-9/h2-7H,1H3,(H,15,17)(H,16,18). The molecule has 5 heteroatoms. The number of carbonyl (C=O) groups excluding carboxylic acids is 1. The van der Waals surface area contributed by atoms with Crippen LogP contribution in [0.15, 0.2) is 41.3 Å². The molecule has 0 bridgehead atoms. The molecular formula is C13H11ClN2O2. The molecule has 92 valence electrons. The minimum absolute atomic E-state index is 0.287. The van der Waals surface area contributed by atoms with E-state index in [1.54, 1.807) is 12.1 Å². The van der Waals surface area contributed by atoms with Gasteiger partial charge in [-0.05, 0) is 30.7 Å². The van der Waals surface area contributed by atoms with Crippen molar-refractivity contribution in [1.82, 2.24) is 4.98 Å². The highest BCUT2D eigenvalue weighted by molar-refractivity contribution is 6.34. The van der Waals surface area contributed by atoms with E-state index in [0.717, 1.165) is 5.56 Å². The van der Waals surface area contributed by atoms with Gasteiger partial charge in [-0.15, -0.1) is 0 Å². The summed E-state index contributed by atoms with van der Waals surface area (Å²) < 4.78 is 0. The molecular weight excluding hydrogens is 252 g/mol. The average Bonchev–Trinajstić information content (AvgIpc) is 2.32. The minimum Gasteiger partial charge on any atom is -0.329 e. The zero-order valence-corrected chi connectivity index (χ0v) is 10.4. The maximum Gasteiger partial charge on any atom is 0.255 e. The third kappa shape index (κ3) is 2.78.